The standard InChI is InChI=1S/C14H16O2/c1-3-11-7-4-5-8-12(11)14(15-2)13-9-6-10-16-13/h4-10,14H,3H2,1-2H3. The molecule has 1 unspecified atom stereocenters. The van der Waals surface area contributed by atoms with E-state index in [0.29, 0.717) is 0 Å². The molecule has 16 heavy (non-hydrogen) atoms. The molecule has 1 aromatic heterocycles. The largest absolute Gasteiger partial charge is 0.466 e. The first-order valence-corrected chi connectivity index (χ1v) is 5.50. The molecule has 2 rings (SSSR count). The number of hydrogen-bond acceptors (Lipinski definition) is 2. The average Bonchev–Trinajstić information content (AvgIpc) is 2.84. The average molecular weight is 216 g/mol. The summed E-state index contributed by atoms with van der Waals surface area (Å²) in [6.07, 6.45) is 2.57. The van der Waals surface area contributed by atoms with Gasteiger partial charge in [-0.1, -0.05) is 31.2 Å². The molecule has 0 saturated heterocycles. The summed E-state index contributed by atoms with van der Waals surface area (Å²) in [6.45, 7) is 2.15. The number of ether oxygens (including phenoxy) is 1. The van der Waals surface area contributed by atoms with Crippen molar-refractivity contribution in [2.45, 2.75) is 19.4 Å². The zero-order valence-electron chi connectivity index (χ0n) is 9.64. The first-order chi connectivity index (χ1) is 7.86. The van der Waals surface area contributed by atoms with Gasteiger partial charge in [-0.3, -0.25) is 0 Å². The Bertz CT molecular complexity index is 432. The van der Waals surface area contributed by atoms with E-state index in [4.69, 9.17) is 9.15 Å². The minimum atomic E-state index is -0.105. The second-order valence-corrected chi connectivity index (χ2v) is 3.68. The highest BCUT2D eigenvalue weighted by Gasteiger charge is 2.18. The molecule has 0 aliphatic heterocycles. The Balaban J connectivity index is 2.41. The Morgan fingerprint density at radius 2 is 2.00 bits per heavy atom. The Kier molecular flexibility index (Phi) is 3.42. The highest BCUT2D eigenvalue weighted by atomic mass is 16.5. The van der Waals surface area contributed by atoms with Gasteiger partial charge in [-0.2, -0.15) is 0 Å². The third-order valence-electron chi connectivity index (χ3n) is 2.76. The SMILES string of the molecule is CCc1ccccc1C(OC)c1ccco1. The highest BCUT2D eigenvalue weighted by Crippen LogP contribution is 2.28. The van der Waals surface area contributed by atoms with Gasteiger partial charge in [0.25, 0.3) is 0 Å². The molecule has 0 radical (unpaired) electrons. The normalized spacial score (nSPS) is 12.6. The number of aryl methyl sites for hydroxylation is 1. The van der Waals surface area contributed by atoms with E-state index in [9.17, 15) is 0 Å². The van der Waals surface area contributed by atoms with Crippen molar-refractivity contribution in [2.75, 3.05) is 7.11 Å². The van der Waals surface area contributed by atoms with E-state index in [1.807, 2.05) is 18.2 Å². The second kappa shape index (κ2) is 4.99. The van der Waals surface area contributed by atoms with Crippen LogP contribution >= 0.6 is 0 Å². The van der Waals surface area contributed by atoms with Gasteiger partial charge in [0, 0.05) is 7.11 Å². The monoisotopic (exact) mass is 216 g/mol. The number of methoxy groups -OCH3 is 1. The molecular weight excluding hydrogens is 200 g/mol. The highest BCUT2D eigenvalue weighted by molar-refractivity contribution is 5.33. The van der Waals surface area contributed by atoms with Crippen molar-refractivity contribution in [3.05, 3.63) is 59.5 Å². The van der Waals surface area contributed by atoms with Gasteiger partial charge in [0.2, 0.25) is 0 Å². The van der Waals surface area contributed by atoms with Crippen LogP contribution in [0.5, 0.6) is 0 Å². The molecule has 0 saturated carbocycles. The summed E-state index contributed by atoms with van der Waals surface area (Å²) >= 11 is 0. The van der Waals surface area contributed by atoms with Crippen LogP contribution in [0, 0.1) is 0 Å². The van der Waals surface area contributed by atoms with Crippen LogP contribution in [0.4, 0.5) is 0 Å². The first-order valence-electron chi connectivity index (χ1n) is 5.50. The Labute approximate surface area is 95.9 Å². The molecule has 2 nitrogen and oxygen atoms in total. The number of rotatable bonds is 4. The van der Waals surface area contributed by atoms with Crippen LogP contribution in [0.1, 0.15) is 29.9 Å². The zero-order chi connectivity index (χ0) is 11.4. The third-order valence-corrected chi connectivity index (χ3v) is 2.76. The summed E-state index contributed by atoms with van der Waals surface area (Å²) in [6, 6.07) is 12.1. The summed E-state index contributed by atoms with van der Waals surface area (Å²) in [4.78, 5) is 0. The van der Waals surface area contributed by atoms with E-state index in [1.165, 1.54) is 11.1 Å². The molecular formula is C14H16O2. The molecule has 2 heteroatoms. The van der Waals surface area contributed by atoms with Crippen molar-refractivity contribution in [3.8, 4) is 0 Å². The van der Waals surface area contributed by atoms with E-state index < -0.39 is 0 Å². The lowest BCUT2D eigenvalue weighted by molar-refractivity contribution is 0.115. The van der Waals surface area contributed by atoms with Crippen molar-refractivity contribution < 1.29 is 9.15 Å². The maximum absolute atomic E-state index is 5.53. The second-order valence-electron chi connectivity index (χ2n) is 3.68. The summed E-state index contributed by atoms with van der Waals surface area (Å²) in [5.74, 6) is 0.850. The summed E-state index contributed by atoms with van der Waals surface area (Å²) < 4.78 is 10.9. The Morgan fingerprint density at radius 1 is 1.19 bits per heavy atom. The quantitative estimate of drug-likeness (QED) is 0.779. The molecule has 2 aromatic rings. The van der Waals surface area contributed by atoms with Gasteiger partial charge >= 0.3 is 0 Å². The number of furan rings is 1. The van der Waals surface area contributed by atoms with Crippen LogP contribution in [0.15, 0.2) is 47.1 Å². The Hall–Kier alpha value is -1.54. The van der Waals surface area contributed by atoms with Crippen LogP contribution in [0.2, 0.25) is 0 Å². The van der Waals surface area contributed by atoms with E-state index in [1.54, 1.807) is 13.4 Å². The molecule has 0 aliphatic rings. The summed E-state index contributed by atoms with van der Waals surface area (Å²) in [7, 11) is 1.71. The fourth-order valence-electron chi connectivity index (χ4n) is 1.95. The molecule has 0 amide bonds. The van der Waals surface area contributed by atoms with Crippen LogP contribution in [0.25, 0.3) is 0 Å². The minimum absolute atomic E-state index is 0.105. The lowest BCUT2D eigenvalue weighted by atomic mass is 9.99. The maximum atomic E-state index is 5.53. The molecule has 0 fully saturated rings. The van der Waals surface area contributed by atoms with Crippen LogP contribution < -0.4 is 0 Å². The molecule has 1 atom stereocenters. The van der Waals surface area contributed by atoms with Crippen molar-refractivity contribution in [1.82, 2.24) is 0 Å². The minimum Gasteiger partial charge on any atom is -0.466 e. The van der Waals surface area contributed by atoms with Gasteiger partial charge in [0.1, 0.15) is 11.9 Å². The topological polar surface area (TPSA) is 22.4 Å². The lowest BCUT2D eigenvalue weighted by Crippen LogP contribution is -2.05. The zero-order valence-corrected chi connectivity index (χ0v) is 9.64. The van der Waals surface area contributed by atoms with Crippen LogP contribution in [-0.4, -0.2) is 7.11 Å². The first kappa shape index (κ1) is 11.0. The Morgan fingerprint density at radius 3 is 2.62 bits per heavy atom. The summed E-state index contributed by atoms with van der Waals surface area (Å²) in [5, 5.41) is 0. The molecule has 0 spiro atoms. The van der Waals surface area contributed by atoms with Gasteiger partial charge in [0.05, 0.1) is 6.26 Å². The van der Waals surface area contributed by atoms with Crippen molar-refractivity contribution in [1.29, 1.82) is 0 Å². The third kappa shape index (κ3) is 2.02. The van der Waals surface area contributed by atoms with E-state index >= 15 is 0 Å². The predicted octanol–water partition coefficient (Wildman–Crippen LogP) is 3.58. The molecule has 1 aromatic carbocycles. The predicted molar refractivity (Wildman–Crippen MR) is 63.4 cm³/mol. The molecule has 84 valence electrons. The maximum Gasteiger partial charge on any atom is 0.140 e. The lowest BCUT2D eigenvalue weighted by Gasteiger charge is -2.16. The van der Waals surface area contributed by atoms with Gasteiger partial charge in [0.15, 0.2) is 0 Å². The van der Waals surface area contributed by atoms with E-state index in [0.717, 1.165) is 12.2 Å². The van der Waals surface area contributed by atoms with E-state index in [-0.39, 0.29) is 6.10 Å². The molecule has 0 bridgehead atoms. The van der Waals surface area contributed by atoms with Gasteiger partial charge in [-0.15, -0.1) is 0 Å². The molecule has 0 aliphatic carbocycles. The van der Waals surface area contributed by atoms with Crippen molar-refractivity contribution in [2.24, 2.45) is 0 Å². The van der Waals surface area contributed by atoms with Gasteiger partial charge < -0.3 is 9.15 Å². The fraction of sp³-hybridized carbons (Fsp3) is 0.286. The molecule has 0 N–H and O–H groups in total. The van der Waals surface area contributed by atoms with Crippen molar-refractivity contribution >= 4 is 0 Å². The molecule has 1 heterocycles. The van der Waals surface area contributed by atoms with Crippen molar-refractivity contribution in [3.63, 3.8) is 0 Å². The van der Waals surface area contributed by atoms with Crippen LogP contribution in [0.3, 0.4) is 0 Å². The fourth-order valence-corrected chi connectivity index (χ4v) is 1.95. The number of hydrogen-bond donors (Lipinski definition) is 0. The van der Waals surface area contributed by atoms with Gasteiger partial charge in [-0.25, -0.2) is 0 Å². The summed E-state index contributed by atoms with van der Waals surface area (Å²) in [5.41, 5.74) is 2.48. The smallest absolute Gasteiger partial charge is 0.140 e. The van der Waals surface area contributed by atoms with Gasteiger partial charge in [-0.05, 0) is 29.7 Å². The van der Waals surface area contributed by atoms with E-state index in [2.05, 4.69) is 25.1 Å². The van der Waals surface area contributed by atoms with Crippen LogP contribution in [-0.2, 0) is 11.2 Å². The number of benzene rings is 1.